The molecule has 0 aliphatic heterocycles. The second-order valence-corrected chi connectivity index (χ2v) is 5.22. The molecule has 0 unspecified atom stereocenters. The van der Waals surface area contributed by atoms with Crippen molar-refractivity contribution in [1.29, 1.82) is 0 Å². The molecular weight excluding hydrogens is 272 g/mol. The summed E-state index contributed by atoms with van der Waals surface area (Å²) in [7, 11) is 0. The molecule has 1 aromatic carbocycles. The number of ether oxygens (including phenoxy) is 1. The Labute approximate surface area is 134 Å². The molecule has 0 saturated heterocycles. The van der Waals surface area contributed by atoms with Crippen molar-refractivity contribution in [3.05, 3.63) is 41.5 Å². The van der Waals surface area contributed by atoms with Gasteiger partial charge in [-0.1, -0.05) is 75.3 Å². The van der Waals surface area contributed by atoms with Gasteiger partial charge in [0, 0.05) is 6.42 Å². The van der Waals surface area contributed by atoms with Crippen molar-refractivity contribution in [3.8, 4) is 11.8 Å². The quantitative estimate of drug-likeness (QED) is 0.292. The first-order valence-corrected chi connectivity index (χ1v) is 8.20. The fraction of sp³-hybridized carbons (Fsp3) is 0.450. The molecule has 0 N–H and O–H groups in total. The van der Waals surface area contributed by atoms with Crippen LogP contribution in [0, 0.1) is 11.8 Å². The molecule has 22 heavy (non-hydrogen) atoms. The fourth-order valence-corrected chi connectivity index (χ4v) is 1.92. The Bertz CT molecular complexity index is 518. The number of unbranched alkanes of at least 4 members (excludes halogenated alkanes) is 4. The van der Waals surface area contributed by atoms with Gasteiger partial charge in [-0.15, -0.1) is 0 Å². The third kappa shape index (κ3) is 7.69. The molecule has 0 radical (unpaired) electrons. The number of hydrogen-bond donors (Lipinski definition) is 0. The van der Waals surface area contributed by atoms with Gasteiger partial charge in [-0.2, -0.15) is 0 Å². The zero-order valence-electron chi connectivity index (χ0n) is 13.7. The Morgan fingerprint density at radius 3 is 2.55 bits per heavy atom. The third-order valence-electron chi connectivity index (χ3n) is 3.16. The summed E-state index contributed by atoms with van der Waals surface area (Å²) in [4.78, 5) is 12.2. The summed E-state index contributed by atoms with van der Waals surface area (Å²) >= 11 is 0. The van der Waals surface area contributed by atoms with E-state index in [1.165, 1.54) is 12.8 Å². The molecule has 2 nitrogen and oxygen atoms in total. The number of hydrogen-bond acceptors (Lipinski definition) is 2. The average molecular weight is 298 g/mol. The van der Waals surface area contributed by atoms with Crippen LogP contribution < -0.4 is 0 Å². The number of esters is 1. The van der Waals surface area contributed by atoms with E-state index in [4.69, 9.17) is 4.74 Å². The molecular formula is C20H26O2. The molecule has 0 bridgehead atoms. The van der Waals surface area contributed by atoms with Crippen molar-refractivity contribution in [3.63, 3.8) is 0 Å². The Hall–Kier alpha value is -2.01. The molecule has 1 rings (SSSR count). The zero-order chi connectivity index (χ0) is 16.0. The van der Waals surface area contributed by atoms with Crippen LogP contribution in [-0.4, -0.2) is 12.6 Å². The van der Waals surface area contributed by atoms with Crippen LogP contribution in [0.1, 0.15) is 57.9 Å². The second kappa shape index (κ2) is 11.6. The highest BCUT2D eigenvalue weighted by Gasteiger charge is 2.08. The van der Waals surface area contributed by atoms with Crippen molar-refractivity contribution in [2.24, 2.45) is 0 Å². The zero-order valence-corrected chi connectivity index (χ0v) is 13.7. The Balaban J connectivity index is 2.68. The molecule has 0 aromatic heterocycles. The van der Waals surface area contributed by atoms with Crippen LogP contribution >= 0.6 is 0 Å². The van der Waals surface area contributed by atoms with Crippen LogP contribution in [0.25, 0.3) is 6.08 Å². The summed E-state index contributed by atoms with van der Waals surface area (Å²) in [6.07, 6.45) is 7.95. The highest BCUT2D eigenvalue weighted by molar-refractivity contribution is 5.98. The Morgan fingerprint density at radius 2 is 1.86 bits per heavy atom. The van der Waals surface area contributed by atoms with Gasteiger partial charge in [0.15, 0.2) is 0 Å². The lowest BCUT2D eigenvalue weighted by molar-refractivity contribution is -0.138. The lowest BCUT2D eigenvalue weighted by Gasteiger charge is -2.04. The maximum atomic E-state index is 12.2. The third-order valence-corrected chi connectivity index (χ3v) is 3.16. The first-order valence-electron chi connectivity index (χ1n) is 8.20. The molecule has 0 atom stereocenters. The van der Waals surface area contributed by atoms with E-state index in [0.717, 1.165) is 31.2 Å². The first-order chi connectivity index (χ1) is 10.8. The Morgan fingerprint density at radius 1 is 1.09 bits per heavy atom. The predicted octanol–water partition coefficient (Wildman–Crippen LogP) is 5.00. The van der Waals surface area contributed by atoms with Crippen LogP contribution in [-0.2, 0) is 9.53 Å². The van der Waals surface area contributed by atoms with Crippen molar-refractivity contribution in [2.75, 3.05) is 6.61 Å². The SMILES string of the molecule is CCCC#CC(=Cc1ccccc1)C(=O)OCCCCCC. The lowest BCUT2D eigenvalue weighted by atomic mass is 10.1. The minimum atomic E-state index is -0.316. The van der Waals surface area contributed by atoms with Crippen molar-refractivity contribution < 1.29 is 9.53 Å². The van der Waals surface area contributed by atoms with Gasteiger partial charge in [0.1, 0.15) is 5.57 Å². The molecule has 0 fully saturated rings. The van der Waals surface area contributed by atoms with Crippen LogP contribution in [0.3, 0.4) is 0 Å². The molecule has 118 valence electrons. The van der Waals surface area contributed by atoms with E-state index < -0.39 is 0 Å². The Kier molecular flexibility index (Phi) is 9.54. The molecule has 1 aromatic rings. The van der Waals surface area contributed by atoms with Crippen molar-refractivity contribution in [2.45, 2.75) is 52.4 Å². The predicted molar refractivity (Wildman–Crippen MR) is 92.2 cm³/mol. The largest absolute Gasteiger partial charge is 0.462 e. The molecule has 2 heteroatoms. The molecule has 0 saturated carbocycles. The number of carbonyl (C=O) groups is 1. The minimum Gasteiger partial charge on any atom is -0.462 e. The summed E-state index contributed by atoms with van der Waals surface area (Å²) in [5.74, 6) is 5.67. The van der Waals surface area contributed by atoms with E-state index >= 15 is 0 Å². The minimum absolute atomic E-state index is 0.316. The molecule has 0 spiro atoms. The summed E-state index contributed by atoms with van der Waals surface area (Å²) < 4.78 is 5.34. The summed E-state index contributed by atoms with van der Waals surface area (Å²) in [5.41, 5.74) is 1.40. The smallest absolute Gasteiger partial charge is 0.346 e. The van der Waals surface area contributed by atoms with Crippen LogP contribution in [0.5, 0.6) is 0 Å². The average Bonchev–Trinajstić information content (AvgIpc) is 2.54. The van der Waals surface area contributed by atoms with E-state index in [1.54, 1.807) is 6.08 Å². The topological polar surface area (TPSA) is 26.3 Å². The maximum absolute atomic E-state index is 12.2. The van der Waals surface area contributed by atoms with Gasteiger partial charge in [0.05, 0.1) is 6.61 Å². The summed E-state index contributed by atoms with van der Waals surface area (Å²) in [6.45, 7) is 4.71. The molecule has 0 amide bonds. The van der Waals surface area contributed by atoms with Gasteiger partial charge >= 0.3 is 5.97 Å². The van der Waals surface area contributed by atoms with Gasteiger partial charge < -0.3 is 4.74 Å². The summed E-state index contributed by atoms with van der Waals surface area (Å²) in [5, 5.41) is 0. The lowest BCUT2D eigenvalue weighted by Crippen LogP contribution is -2.08. The van der Waals surface area contributed by atoms with Gasteiger partial charge in [0.2, 0.25) is 0 Å². The summed E-state index contributed by atoms with van der Waals surface area (Å²) in [6, 6.07) is 9.75. The number of rotatable bonds is 8. The van der Waals surface area contributed by atoms with E-state index in [1.807, 2.05) is 30.3 Å². The maximum Gasteiger partial charge on any atom is 0.346 e. The van der Waals surface area contributed by atoms with Gasteiger partial charge in [-0.05, 0) is 24.5 Å². The van der Waals surface area contributed by atoms with Gasteiger partial charge in [-0.3, -0.25) is 0 Å². The number of benzene rings is 1. The number of carbonyl (C=O) groups excluding carboxylic acids is 1. The molecule has 0 heterocycles. The van der Waals surface area contributed by atoms with Crippen LogP contribution in [0.2, 0.25) is 0 Å². The first kappa shape index (κ1) is 18.0. The van der Waals surface area contributed by atoms with Crippen molar-refractivity contribution >= 4 is 12.0 Å². The van der Waals surface area contributed by atoms with E-state index in [-0.39, 0.29) is 5.97 Å². The van der Waals surface area contributed by atoms with E-state index in [9.17, 15) is 4.79 Å². The normalized spacial score (nSPS) is 10.7. The highest BCUT2D eigenvalue weighted by atomic mass is 16.5. The molecule has 0 aliphatic carbocycles. The van der Waals surface area contributed by atoms with Gasteiger partial charge in [0.25, 0.3) is 0 Å². The molecule has 0 aliphatic rings. The second-order valence-electron chi connectivity index (χ2n) is 5.22. The van der Waals surface area contributed by atoms with Crippen molar-refractivity contribution in [1.82, 2.24) is 0 Å². The standard InChI is InChI=1S/C20H26O2/c1-3-5-7-12-16-22-20(21)19(15-9-6-4-2)17-18-13-10-8-11-14-18/h8,10-11,13-14,17H,3-7,12,16H2,1-2H3. The van der Waals surface area contributed by atoms with Crippen LogP contribution in [0.15, 0.2) is 35.9 Å². The monoisotopic (exact) mass is 298 g/mol. The van der Waals surface area contributed by atoms with Crippen LogP contribution in [0.4, 0.5) is 0 Å². The van der Waals surface area contributed by atoms with E-state index in [2.05, 4.69) is 25.7 Å². The fourth-order valence-electron chi connectivity index (χ4n) is 1.92. The van der Waals surface area contributed by atoms with Gasteiger partial charge in [-0.25, -0.2) is 4.79 Å². The van der Waals surface area contributed by atoms with E-state index in [0.29, 0.717) is 12.2 Å². The highest BCUT2D eigenvalue weighted by Crippen LogP contribution is 2.09.